The summed E-state index contributed by atoms with van der Waals surface area (Å²) in [7, 11) is -3.61. The van der Waals surface area contributed by atoms with Crippen LogP contribution in [0.4, 0.5) is 0 Å². The predicted octanol–water partition coefficient (Wildman–Crippen LogP) is 2.55. The van der Waals surface area contributed by atoms with E-state index in [1.54, 1.807) is 12.1 Å². The second-order valence-electron chi connectivity index (χ2n) is 4.95. The number of furan rings is 1. The second kappa shape index (κ2) is 5.41. The lowest BCUT2D eigenvalue weighted by atomic mass is 9.96. The lowest BCUT2D eigenvalue weighted by Crippen LogP contribution is -2.35. The molecular formula is C13H16N2O4S. The maximum atomic E-state index is 12.2. The standard InChI is InChI=1S/C13H16N2O4S/c16-20(17,15-10-4-2-1-3-5-10)13-7-6-11(18-13)12-8-9-14-19-12/h6-10,15H,1-5H2. The minimum absolute atomic E-state index is 0.00702. The maximum absolute atomic E-state index is 12.2. The Balaban J connectivity index is 1.77. The van der Waals surface area contributed by atoms with Gasteiger partial charge in [0.2, 0.25) is 10.9 Å². The Morgan fingerprint density at radius 2 is 1.90 bits per heavy atom. The summed E-state index contributed by atoms with van der Waals surface area (Å²) in [5.41, 5.74) is 0. The van der Waals surface area contributed by atoms with Crippen LogP contribution < -0.4 is 4.72 Å². The monoisotopic (exact) mass is 296 g/mol. The molecule has 1 aliphatic rings. The van der Waals surface area contributed by atoms with Crippen molar-refractivity contribution >= 4 is 10.0 Å². The van der Waals surface area contributed by atoms with Gasteiger partial charge in [0, 0.05) is 12.1 Å². The third-order valence-electron chi connectivity index (χ3n) is 3.45. The van der Waals surface area contributed by atoms with Crippen molar-refractivity contribution in [1.29, 1.82) is 0 Å². The number of nitrogens with zero attached hydrogens (tertiary/aromatic N) is 1. The molecule has 0 aliphatic heterocycles. The number of hydrogen-bond acceptors (Lipinski definition) is 5. The van der Waals surface area contributed by atoms with E-state index in [4.69, 9.17) is 8.94 Å². The van der Waals surface area contributed by atoms with Crippen LogP contribution in [0.1, 0.15) is 32.1 Å². The molecule has 3 rings (SSSR count). The van der Waals surface area contributed by atoms with Crippen molar-refractivity contribution in [3.05, 3.63) is 24.4 Å². The molecule has 0 amide bonds. The lowest BCUT2D eigenvalue weighted by Gasteiger charge is -2.21. The van der Waals surface area contributed by atoms with Crippen LogP contribution in [0.25, 0.3) is 11.5 Å². The van der Waals surface area contributed by atoms with Crippen molar-refractivity contribution in [3.8, 4) is 11.5 Å². The fourth-order valence-electron chi connectivity index (χ4n) is 2.44. The lowest BCUT2D eigenvalue weighted by molar-refractivity contribution is 0.389. The number of aromatic nitrogens is 1. The van der Waals surface area contributed by atoms with E-state index in [9.17, 15) is 8.42 Å². The molecule has 2 aromatic rings. The molecule has 1 saturated carbocycles. The number of hydrogen-bond donors (Lipinski definition) is 1. The number of rotatable bonds is 4. The zero-order chi connectivity index (χ0) is 14.0. The van der Waals surface area contributed by atoms with E-state index in [0.29, 0.717) is 11.5 Å². The highest BCUT2D eigenvalue weighted by molar-refractivity contribution is 7.89. The first-order valence-electron chi connectivity index (χ1n) is 6.68. The second-order valence-corrected chi connectivity index (χ2v) is 6.60. The smallest absolute Gasteiger partial charge is 0.274 e. The van der Waals surface area contributed by atoms with Gasteiger partial charge in [-0.3, -0.25) is 0 Å². The van der Waals surface area contributed by atoms with Crippen molar-refractivity contribution in [2.45, 2.75) is 43.2 Å². The Kier molecular flexibility index (Phi) is 3.62. The van der Waals surface area contributed by atoms with Crippen molar-refractivity contribution in [3.63, 3.8) is 0 Å². The van der Waals surface area contributed by atoms with Crippen molar-refractivity contribution in [2.75, 3.05) is 0 Å². The highest BCUT2D eigenvalue weighted by Crippen LogP contribution is 2.25. The molecular weight excluding hydrogens is 280 g/mol. The first-order valence-corrected chi connectivity index (χ1v) is 8.17. The average Bonchev–Trinajstić information content (AvgIpc) is 3.11. The Hall–Kier alpha value is -1.60. The molecule has 2 heterocycles. The number of sulfonamides is 1. The predicted molar refractivity (Wildman–Crippen MR) is 71.4 cm³/mol. The summed E-state index contributed by atoms with van der Waals surface area (Å²) >= 11 is 0. The normalized spacial score (nSPS) is 17.4. The molecule has 108 valence electrons. The van der Waals surface area contributed by atoms with Crippen LogP contribution in [0.15, 0.2) is 38.4 Å². The molecule has 0 atom stereocenters. The summed E-state index contributed by atoms with van der Waals surface area (Å²) in [6, 6.07) is 4.62. The van der Waals surface area contributed by atoms with Gasteiger partial charge in [0.05, 0.1) is 6.20 Å². The summed E-state index contributed by atoms with van der Waals surface area (Å²) in [5, 5.41) is 3.48. The molecule has 2 aromatic heterocycles. The van der Waals surface area contributed by atoms with Crippen LogP contribution in [-0.4, -0.2) is 19.6 Å². The van der Waals surface area contributed by atoms with Gasteiger partial charge in [-0.2, -0.15) is 0 Å². The van der Waals surface area contributed by atoms with Gasteiger partial charge in [0.15, 0.2) is 5.76 Å². The van der Waals surface area contributed by atoms with Crippen LogP contribution in [0.2, 0.25) is 0 Å². The van der Waals surface area contributed by atoms with E-state index in [0.717, 1.165) is 25.7 Å². The quantitative estimate of drug-likeness (QED) is 0.937. The zero-order valence-electron chi connectivity index (χ0n) is 10.9. The Morgan fingerprint density at radius 3 is 2.60 bits per heavy atom. The Labute approximate surface area is 117 Å². The van der Waals surface area contributed by atoms with Gasteiger partial charge in [-0.15, -0.1) is 0 Å². The first-order chi connectivity index (χ1) is 9.65. The van der Waals surface area contributed by atoms with E-state index in [1.165, 1.54) is 18.7 Å². The van der Waals surface area contributed by atoms with Crippen LogP contribution >= 0.6 is 0 Å². The van der Waals surface area contributed by atoms with E-state index in [-0.39, 0.29) is 11.1 Å². The van der Waals surface area contributed by atoms with Crippen molar-refractivity contribution in [2.24, 2.45) is 0 Å². The van der Waals surface area contributed by atoms with Crippen LogP contribution in [0, 0.1) is 0 Å². The van der Waals surface area contributed by atoms with Crippen LogP contribution in [0.5, 0.6) is 0 Å². The van der Waals surface area contributed by atoms with Gasteiger partial charge in [0.25, 0.3) is 10.0 Å². The first kappa shape index (κ1) is 13.4. The van der Waals surface area contributed by atoms with E-state index in [1.807, 2.05) is 0 Å². The summed E-state index contributed by atoms with van der Waals surface area (Å²) < 4.78 is 37.5. The summed E-state index contributed by atoms with van der Waals surface area (Å²) in [5.74, 6) is 0.760. The third kappa shape index (κ3) is 2.78. The van der Waals surface area contributed by atoms with Gasteiger partial charge in [-0.1, -0.05) is 24.4 Å². The van der Waals surface area contributed by atoms with E-state index >= 15 is 0 Å². The van der Waals surface area contributed by atoms with Gasteiger partial charge in [-0.05, 0) is 25.0 Å². The fourth-order valence-corrected chi connectivity index (χ4v) is 3.68. The molecule has 0 bridgehead atoms. The van der Waals surface area contributed by atoms with Crippen molar-refractivity contribution in [1.82, 2.24) is 9.88 Å². The largest absolute Gasteiger partial charge is 0.440 e. The number of nitrogens with one attached hydrogen (secondary N) is 1. The minimum Gasteiger partial charge on any atom is -0.440 e. The molecule has 7 heteroatoms. The average molecular weight is 296 g/mol. The molecule has 0 unspecified atom stereocenters. The molecule has 1 aliphatic carbocycles. The topological polar surface area (TPSA) is 85.3 Å². The van der Waals surface area contributed by atoms with Crippen LogP contribution in [0.3, 0.4) is 0 Å². The van der Waals surface area contributed by atoms with E-state index < -0.39 is 10.0 Å². The zero-order valence-corrected chi connectivity index (χ0v) is 11.7. The van der Waals surface area contributed by atoms with E-state index in [2.05, 4.69) is 9.88 Å². The van der Waals surface area contributed by atoms with Gasteiger partial charge in [-0.25, -0.2) is 13.1 Å². The molecule has 0 aromatic carbocycles. The van der Waals surface area contributed by atoms with Gasteiger partial charge in [0.1, 0.15) is 0 Å². The molecule has 1 fully saturated rings. The van der Waals surface area contributed by atoms with Gasteiger partial charge >= 0.3 is 0 Å². The fraction of sp³-hybridized carbons (Fsp3) is 0.462. The summed E-state index contributed by atoms with van der Waals surface area (Å²) in [6.45, 7) is 0. The molecule has 0 spiro atoms. The minimum atomic E-state index is -3.61. The summed E-state index contributed by atoms with van der Waals surface area (Å²) in [4.78, 5) is 0. The summed E-state index contributed by atoms with van der Waals surface area (Å²) in [6.07, 6.45) is 6.55. The molecule has 20 heavy (non-hydrogen) atoms. The highest BCUT2D eigenvalue weighted by atomic mass is 32.2. The van der Waals surface area contributed by atoms with Crippen molar-refractivity contribution < 1.29 is 17.4 Å². The molecule has 0 saturated heterocycles. The van der Waals surface area contributed by atoms with Gasteiger partial charge < -0.3 is 8.94 Å². The third-order valence-corrected chi connectivity index (χ3v) is 4.85. The Morgan fingerprint density at radius 1 is 1.10 bits per heavy atom. The van der Waals surface area contributed by atoms with Crippen LogP contribution in [-0.2, 0) is 10.0 Å². The molecule has 0 radical (unpaired) electrons. The Bertz CT molecular complexity index is 654. The maximum Gasteiger partial charge on any atom is 0.274 e. The highest BCUT2D eigenvalue weighted by Gasteiger charge is 2.25. The molecule has 1 N–H and O–H groups in total. The SMILES string of the molecule is O=S(=O)(NC1CCCCC1)c1ccc(-c2ccno2)o1. The molecule has 6 nitrogen and oxygen atoms in total.